The van der Waals surface area contributed by atoms with Crippen LogP contribution >= 0.6 is 27.7 Å². The second-order valence-corrected chi connectivity index (χ2v) is 6.11. The highest BCUT2D eigenvalue weighted by molar-refractivity contribution is 9.10. The van der Waals surface area contributed by atoms with Crippen LogP contribution < -0.4 is 4.74 Å². The second kappa shape index (κ2) is 7.52. The maximum absolute atomic E-state index is 11.5. The van der Waals surface area contributed by atoms with Crippen LogP contribution in [0.25, 0.3) is 0 Å². The van der Waals surface area contributed by atoms with Crippen molar-refractivity contribution in [3.05, 3.63) is 58.1 Å². The number of benzene rings is 2. The van der Waals surface area contributed by atoms with Gasteiger partial charge in [0.15, 0.2) is 0 Å². The molecule has 0 radical (unpaired) electrons. The first-order chi connectivity index (χ1) is 10.2. The smallest absolute Gasteiger partial charge is 0.337 e. The summed E-state index contributed by atoms with van der Waals surface area (Å²) in [6, 6.07) is 13.4. The molecule has 0 amide bonds. The van der Waals surface area contributed by atoms with E-state index in [1.165, 1.54) is 7.11 Å². The van der Waals surface area contributed by atoms with Crippen molar-refractivity contribution in [2.45, 2.75) is 10.6 Å². The van der Waals surface area contributed by atoms with Gasteiger partial charge in [-0.15, -0.1) is 11.8 Å². The molecule has 0 aliphatic rings. The van der Waals surface area contributed by atoms with E-state index in [1.807, 2.05) is 30.3 Å². The summed E-state index contributed by atoms with van der Waals surface area (Å²) in [5.74, 6) is 1.31. The quantitative estimate of drug-likeness (QED) is 0.574. The molecule has 0 spiro atoms. The van der Waals surface area contributed by atoms with Gasteiger partial charge in [0.1, 0.15) is 5.75 Å². The van der Waals surface area contributed by atoms with Gasteiger partial charge in [-0.2, -0.15) is 0 Å². The first-order valence-electron chi connectivity index (χ1n) is 6.28. The summed E-state index contributed by atoms with van der Waals surface area (Å²) < 4.78 is 10.9. The number of carbonyl (C=O) groups excluding carboxylic acids is 1. The molecule has 0 atom stereocenters. The average molecular weight is 367 g/mol. The standard InChI is InChI=1S/C16H15BrO3S/c1-19-14-5-3-4-6-15(14)21-10-12-8-7-11(9-13(12)17)16(18)20-2/h3-9H,10H2,1-2H3. The molecule has 3 nitrogen and oxygen atoms in total. The van der Waals surface area contributed by atoms with Gasteiger partial charge in [-0.1, -0.05) is 34.1 Å². The van der Waals surface area contributed by atoms with Crippen LogP contribution in [-0.2, 0) is 10.5 Å². The third-order valence-corrected chi connectivity index (χ3v) is 4.77. The summed E-state index contributed by atoms with van der Waals surface area (Å²) in [4.78, 5) is 12.6. The molecule has 2 aromatic carbocycles. The minimum atomic E-state index is -0.334. The van der Waals surface area contributed by atoms with Gasteiger partial charge in [0.05, 0.1) is 19.8 Å². The first-order valence-corrected chi connectivity index (χ1v) is 8.06. The van der Waals surface area contributed by atoms with E-state index in [1.54, 1.807) is 31.0 Å². The van der Waals surface area contributed by atoms with Crippen LogP contribution in [0.2, 0.25) is 0 Å². The van der Waals surface area contributed by atoms with E-state index in [-0.39, 0.29) is 5.97 Å². The Balaban J connectivity index is 2.12. The topological polar surface area (TPSA) is 35.5 Å². The van der Waals surface area contributed by atoms with E-state index < -0.39 is 0 Å². The number of carbonyl (C=O) groups is 1. The van der Waals surface area contributed by atoms with Crippen LogP contribution in [0, 0.1) is 0 Å². The van der Waals surface area contributed by atoms with Crippen LogP contribution in [0.4, 0.5) is 0 Å². The lowest BCUT2D eigenvalue weighted by atomic mass is 10.1. The molecular formula is C16H15BrO3S. The summed E-state index contributed by atoms with van der Waals surface area (Å²) in [6.45, 7) is 0. The zero-order chi connectivity index (χ0) is 15.2. The summed E-state index contributed by atoms with van der Waals surface area (Å²) in [7, 11) is 3.04. The van der Waals surface area contributed by atoms with E-state index >= 15 is 0 Å². The summed E-state index contributed by atoms with van der Waals surface area (Å²) >= 11 is 5.19. The Morgan fingerprint density at radius 2 is 1.95 bits per heavy atom. The second-order valence-electron chi connectivity index (χ2n) is 4.24. The predicted molar refractivity (Wildman–Crippen MR) is 88.0 cm³/mol. The molecule has 2 aromatic rings. The highest BCUT2D eigenvalue weighted by Crippen LogP contribution is 2.33. The largest absolute Gasteiger partial charge is 0.496 e. The molecule has 110 valence electrons. The van der Waals surface area contributed by atoms with E-state index in [4.69, 9.17) is 9.47 Å². The van der Waals surface area contributed by atoms with Gasteiger partial charge in [-0.3, -0.25) is 0 Å². The molecule has 0 unspecified atom stereocenters. The molecule has 0 saturated carbocycles. The maximum Gasteiger partial charge on any atom is 0.337 e. The fourth-order valence-corrected chi connectivity index (χ4v) is 3.54. The molecule has 0 bridgehead atoms. The lowest BCUT2D eigenvalue weighted by Gasteiger charge is -2.09. The Hall–Kier alpha value is -1.46. The molecule has 0 aromatic heterocycles. The van der Waals surface area contributed by atoms with Crippen molar-refractivity contribution in [3.63, 3.8) is 0 Å². The lowest BCUT2D eigenvalue weighted by Crippen LogP contribution is -2.01. The van der Waals surface area contributed by atoms with Gasteiger partial charge < -0.3 is 9.47 Å². The number of halogens is 1. The van der Waals surface area contributed by atoms with Crippen molar-refractivity contribution in [1.29, 1.82) is 0 Å². The van der Waals surface area contributed by atoms with Crippen LogP contribution in [0.15, 0.2) is 51.8 Å². The number of hydrogen-bond acceptors (Lipinski definition) is 4. The van der Waals surface area contributed by atoms with Crippen molar-refractivity contribution in [1.82, 2.24) is 0 Å². The number of hydrogen-bond donors (Lipinski definition) is 0. The number of ether oxygens (including phenoxy) is 2. The summed E-state index contributed by atoms with van der Waals surface area (Å²) in [5, 5.41) is 0. The molecule has 0 saturated heterocycles. The number of esters is 1. The monoisotopic (exact) mass is 366 g/mol. The number of para-hydroxylation sites is 1. The molecule has 5 heteroatoms. The Bertz CT molecular complexity index is 643. The van der Waals surface area contributed by atoms with Crippen molar-refractivity contribution in [2.24, 2.45) is 0 Å². The predicted octanol–water partition coefficient (Wildman–Crippen LogP) is 4.54. The third kappa shape index (κ3) is 4.02. The van der Waals surface area contributed by atoms with Crippen LogP contribution in [0.5, 0.6) is 5.75 Å². The minimum Gasteiger partial charge on any atom is -0.496 e. The highest BCUT2D eigenvalue weighted by atomic mass is 79.9. The van der Waals surface area contributed by atoms with E-state index in [0.717, 1.165) is 26.4 Å². The SMILES string of the molecule is COC(=O)c1ccc(CSc2ccccc2OC)c(Br)c1. The Morgan fingerprint density at radius 1 is 1.19 bits per heavy atom. The van der Waals surface area contributed by atoms with Gasteiger partial charge in [-0.05, 0) is 29.8 Å². The van der Waals surface area contributed by atoms with E-state index in [2.05, 4.69) is 15.9 Å². The van der Waals surface area contributed by atoms with E-state index in [9.17, 15) is 4.79 Å². The first kappa shape index (κ1) is 15.9. The third-order valence-electron chi connectivity index (χ3n) is 2.93. The van der Waals surface area contributed by atoms with Gasteiger partial charge >= 0.3 is 5.97 Å². The summed E-state index contributed by atoms with van der Waals surface area (Å²) in [5.41, 5.74) is 1.65. The molecule has 21 heavy (non-hydrogen) atoms. The molecule has 0 heterocycles. The molecule has 0 N–H and O–H groups in total. The zero-order valence-electron chi connectivity index (χ0n) is 11.8. The van der Waals surface area contributed by atoms with Crippen molar-refractivity contribution >= 4 is 33.7 Å². The molecule has 0 aliphatic heterocycles. The number of rotatable bonds is 5. The van der Waals surface area contributed by atoms with Crippen LogP contribution in [-0.4, -0.2) is 20.2 Å². The van der Waals surface area contributed by atoms with Gasteiger partial charge in [0.25, 0.3) is 0 Å². The zero-order valence-corrected chi connectivity index (χ0v) is 14.2. The highest BCUT2D eigenvalue weighted by Gasteiger charge is 2.09. The summed E-state index contributed by atoms with van der Waals surface area (Å²) in [6.07, 6.45) is 0. The fourth-order valence-electron chi connectivity index (χ4n) is 1.80. The van der Waals surface area contributed by atoms with Gasteiger partial charge in [-0.25, -0.2) is 4.79 Å². The van der Waals surface area contributed by atoms with Gasteiger partial charge in [0, 0.05) is 15.1 Å². The normalized spacial score (nSPS) is 10.2. The van der Waals surface area contributed by atoms with Crippen molar-refractivity contribution < 1.29 is 14.3 Å². The fraction of sp³-hybridized carbons (Fsp3) is 0.188. The molecule has 0 fully saturated rings. The Labute approximate surface area is 136 Å². The van der Waals surface area contributed by atoms with Crippen molar-refractivity contribution in [2.75, 3.05) is 14.2 Å². The number of thioether (sulfide) groups is 1. The molecule has 0 aliphatic carbocycles. The van der Waals surface area contributed by atoms with E-state index in [0.29, 0.717) is 5.56 Å². The van der Waals surface area contributed by atoms with Crippen LogP contribution in [0.1, 0.15) is 15.9 Å². The molecule has 2 rings (SSSR count). The average Bonchev–Trinajstić information content (AvgIpc) is 2.53. The Morgan fingerprint density at radius 3 is 2.62 bits per heavy atom. The number of methoxy groups -OCH3 is 2. The van der Waals surface area contributed by atoms with Crippen LogP contribution in [0.3, 0.4) is 0 Å². The molecular weight excluding hydrogens is 352 g/mol. The van der Waals surface area contributed by atoms with Crippen molar-refractivity contribution in [3.8, 4) is 5.75 Å². The maximum atomic E-state index is 11.5. The lowest BCUT2D eigenvalue weighted by molar-refractivity contribution is 0.0600. The Kier molecular flexibility index (Phi) is 5.70. The minimum absolute atomic E-state index is 0.334. The van der Waals surface area contributed by atoms with Gasteiger partial charge in [0.2, 0.25) is 0 Å².